The van der Waals surface area contributed by atoms with Crippen molar-refractivity contribution in [2.75, 3.05) is 4.90 Å². The number of nitrogens with zero attached hydrogens (tertiary/aromatic N) is 1. The molecule has 1 aliphatic carbocycles. The molecule has 0 amide bonds. The first kappa shape index (κ1) is 27.7. The summed E-state index contributed by atoms with van der Waals surface area (Å²) in [6.07, 6.45) is 0. The van der Waals surface area contributed by atoms with Gasteiger partial charge in [-0.2, -0.15) is 0 Å². The zero-order valence-electron chi connectivity index (χ0n) is 26.8. The molecule has 228 valence electrons. The second-order valence-corrected chi connectivity index (χ2v) is 12.8. The van der Waals surface area contributed by atoms with Crippen molar-refractivity contribution in [3.8, 4) is 44.5 Å². The van der Waals surface area contributed by atoms with Crippen LogP contribution in [0, 0.1) is 0 Å². The van der Waals surface area contributed by atoms with Crippen molar-refractivity contribution >= 4 is 49.4 Å². The molecular formula is C48H31N. The second-order valence-electron chi connectivity index (χ2n) is 12.8. The minimum atomic E-state index is 1.13. The first-order valence-corrected chi connectivity index (χ1v) is 17.0. The van der Waals surface area contributed by atoms with Crippen molar-refractivity contribution in [1.29, 1.82) is 0 Å². The second kappa shape index (κ2) is 11.1. The predicted octanol–water partition coefficient (Wildman–Crippen LogP) is 13.6. The molecule has 0 saturated heterocycles. The molecule has 0 unspecified atom stereocenters. The molecule has 0 spiro atoms. The van der Waals surface area contributed by atoms with Gasteiger partial charge in [-0.1, -0.05) is 164 Å². The van der Waals surface area contributed by atoms with Crippen LogP contribution in [0.1, 0.15) is 0 Å². The fourth-order valence-corrected chi connectivity index (χ4v) is 8.18. The van der Waals surface area contributed by atoms with Crippen LogP contribution in [0.4, 0.5) is 17.1 Å². The highest BCUT2D eigenvalue weighted by Crippen LogP contribution is 2.59. The van der Waals surface area contributed by atoms with Gasteiger partial charge in [0.15, 0.2) is 0 Å². The SMILES string of the molecule is c1ccc(-c2c3c(c(-c4ccccc4)c4ccccc24)-c2ccc(N(c4ccccc4)c4cccc5ccccc45)c4cccc-3c24)cc1. The highest BCUT2D eigenvalue weighted by atomic mass is 15.1. The summed E-state index contributed by atoms with van der Waals surface area (Å²) in [6.45, 7) is 0. The molecule has 1 heteroatoms. The molecule has 0 bridgehead atoms. The van der Waals surface area contributed by atoms with Gasteiger partial charge in [-0.15, -0.1) is 0 Å². The first-order chi connectivity index (χ1) is 24.4. The van der Waals surface area contributed by atoms with Crippen LogP contribution in [-0.2, 0) is 0 Å². The van der Waals surface area contributed by atoms with Crippen LogP contribution < -0.4 is 4.90 Å². The fourth-order valence-electron chi connectivity index (χ4n) is 8.18. The Labute approximate surface area is 286 Å². The summed E-state index contributed by atoms with van der Waals surface area (Å²) in [4.78, 5) is 2.45. The number of hydrogen-bond donors (Lipinski definition) is 0. The lowest BCUT2D eigenvalue weighted by molar-refractivity contribution is 1.31. The summed E-state index contributed by atoms with van der Waals surface area (Å²) < 4.78 is 0. The third-order valence-electron chi connectivity index (χ3n) is 10.2. The number of fused-ring (bicyclic) bond motifs is 5. The molecule has 0 fully saturated rings. The Morgan fingerprint density at radius 1 is 0.286 bits per heavy atom. The molecule has 0 saturated carbocycles. The molecular weight excluding hydrogens is 591 g/mol. The van der Waals surface area contributed by atoms with Crippen LogP contribution in [0.15, 0.2) is 188 Å². The van der Waals surface area contributed by atoms with Gasteiger partial charge in [0.1, 0.15) is 0 Å². The zero-order valence-corrected chi connectivity index (χ0v) is 26.8. The Bertz CT molecular complexity index is 2600. The van der Waals surface area contributed by atoms with E-state index >= 15 is 0 Å². The van der Waals surface area contributed by atoms with Crippen molar-refractivity contribution in [2.24, 2.45) is 0 Å². The van der Waals surface area contributed by atoms with E-state index in [9.17, 15) is 0 Å². The molecule has 0 aliphatic heterocycles. The summed E-state index contributed by atoms with van der Waals surface area (Å²) >= 11 is 0. The van der Waals surface area contributed by atoms with E-state index in [1.165, 1.54) is 88.2 Å². The highest BCUT2D eigenvalue weighted by molar-refractivity contribution is 6.29. The first-order valence-electron chi connectivity index (χ1n) is 17.0. The van der Waals surface area contributed by atoms with Crippen molar-refractivity contribution in [3.63, 3.8) is 0 Å². The van der Waals surface area contributed by atoms with E-state index in [2.05, 4.69) is 193 Å². The van der Waals surface area contributed by atoms with Crippen LogP contribution in [0.25, 0.3) is 76.8 Å². The van der Waals surface area contributed by atoms with Gasteiger partial charge >= 0.3 is 0 Å². The van der Waals surface area contributed by atoms with Crippen molar-refractivity contribution in [1.82, 2.24) is 0 Å². The van der Waals surface area contributed by atoms with Gasteiger partial charge in [-0.3, -0.25) is 0 Å². The van der Waals surface area contributed by atoms with Gasteiger partial charge in [0.05, 0.1) is 11.4 Å². The van der Waals surface area contributed by atoms with Crippen LogP contribution in [0.3, 0.4) is 0 Å². The Kier molecular flexibility index (Phi) is 6.25. The van der Waals surface area contributed by atoms with Crippen LogP contribution in [0.5, 0.6) is 0 Å². The molecule has 0 N–H and O–H groups in total. The number of rotatable bonds is 5. The lowest BCUT2D eigenvalue weighted by atomic mass is 9.82. The average Bonchev–Trinajstić information content (AvgIpc) is 3.50. The quantitative estimate of drug-likeness (QED) is 0.185. The Balaban J connectivity index is 1.34. The van der Waals surface area contributed by atoms with Gasteiger partial charge in [0, 0.05) is 16.5 Å². The highest BCUT2D eigenvalue weighted by Gasteiger charge is 2.32. The molecule has 10 rings (SSSR count). The van der Waals surface area contributed by atoms with Crippen molar-refractivity contribution in [3.05, 3.63) is 188 Å². The van der Waals surface area contributed by atoms with Crippen LogP contribution in [0.2, 0.25) is 0 Å². The van der Waals surface area contributed by atoms with E-state index in [1.807, 2.05) is 0 Å². The molecule has 0 atom stereocenters. The number of anilines is 3. The average molecular weight is 622 g/mol. The molecule has 0 aromatic heterocycles. The van der Waals surface area contributed by atoms with Crippen molar-refractivity contribution in [2.45, 2.75) is 0 Å². The number of hydrogen-bond acceptors (Lipinski definition) is 1. The van der Waals surface area contributed by atoms with Crippen molar-refractivity contribution < 1.29 is 0 Å². The standard InChI is InChI=1S/C48H31N/c1-4-17-33(18-5-1)44-37-25-12-13-26-38(37)45(34-19-6-2-7-20-34)48-41-30-31-43(39-27-15-28-40(46(39)41)47(44)48)49(35-22-8-3-9-23-35)42-29-14-21-32-16-10-11-24-36(32)42/h1-31H. The Morgan fingerprint density at radius 3 is 1.41 bits per heavy atom. The largest absolute Gasteiger partial charge is 0.309 e. The van der Waals surface area contributed by atoms with Crippen LogP contribution in [-0.4, -0.2) is 0 Å². The maximum atomic E-state index is 2.45. The molecule has 9 aromatic rings. The van der Waals surface area contributed by atoms with Gasteiger partial charge in [0.25, 0.3) is 0 Å². The third-order valence-corrected chi connectivity index (χ3v) is 10.2. The maximum Gasteiger partial charge on any atom is 0.0540 e. The summed E-state index contributed by atoms with van der Waals surface area (Å²) in [6, 6.07) is 68.6. The summed E-state index contributed by atoms with van der Waals surface area (Å²) in [5, 5.41) is 7.55. The minimum absolute atomic E-state index is 1.13. The summed E-state index contributed by atoms with van der Waals surface area (Å²) in [5.41, 5.74) is 13.8. The van der Waals surface area contributed by atoms with Gasteiger partial charge in [0.2, 0.25) is 0 Å². The van der Waals surface area contributed by atoms with E-state index in [-0.39, 0.29) is 0 Å². The van der Waals surface area contributed by atoms with Gasteiger partial charge < -0.3 is 4.90 Å². The summed E-state index contributed by atoms with van der Waals surface area (Å²) in [7, 11) is 0. The Hall–Kier alpha value is -6.44. The van der Waals surface area contributed by atoms with Crippen LogP contribution >= 0.6 is 0 Å². The lowest BCUT2D eigenvalue weighted by Crippen LogP contribution is -2.11. The van der Waals surface area contributed by atoms with Gasteiger partial charge in [-0.05, 0) is 90.3 Å². The third kappa shape index (κ3) is 4.19. The summed E-state index contributed by atoms with van der Waals surface area (Å²) in [5.74, 6) is 0. The molecule has 0 radical (unpaired) electrons. The minimum Gasteiger partial charge on any atom is -0.309 e. The Morgan fingerprint density at radius 2 is 0.755 bits per heavy atom. The lowest BCUT2D eigenvalue weighted by Gasteiger charge is -2.28. The van der Waals surface area contributed by atoms with E-state index in [0.717, 1.165) is 5.69 Å². The normalized spacial score (nSPS) is 11.7. The molecule has 0 heterocycles. The number of benzene rings is 9. The number of para-hydroxylation sites is 1. The van der Waals surface area contributed by atoms with E-state index in [0.29, 0.717) is 0 Å². The van der Waals surface area contributed by atoms with Gasteiger partial charge in [-0.25, -0.2) is 0 Å². The molecule has 49 heavy (non-hydrogen) atoms. The smallest absolute Gasteiger partial charge is 0.0540 e. The topological polar surface area (TPSA) is 3.24 Å². The molecule has 1 aliphatic rings. The molecule has 9 aromatic carbocycles. The zero-order chi connectivity index (χ0) is 32.3. The van der Waals surface area contributed by atoms with E-state index < -0.39 is 0 Å². The predicted molar refractivity (Wildman–Crippen MR) is 209 cm³/mol. The monoisotopic (exact) mass is 621 g/mol. The van der Waals surface area contributed by atoms with E-state index in [1.54, 1.807) is 0 Å². The molecule has 1 nitrogen and oxygen atoms in total. The van der Waals surface area contributed by atoms with E-state index in [4.69, 9.17) is 0 Å². The maximum absolute atomic E-state index is 2.45. The fraction of sp³-hybridized carbons (Fsp3) is 0.